The van der Waals surface area contributed by atoms with E-state index in [9.17, 15) is 9.59 Å². The molecule has 1 unspecified atom stereocenters. The lowest BCUT2D eigenvalue weighted by molar-refractivity contribution is -0.137. The summed E-state index contributed by atoms with van der Waals surface area (Å²) < 4.78 is 5.06. The highest BCUT2D eigenvalue weighted by Gasteiger charge is 2.27. The van der Waals surface area contributed by atoms with E-state index in [-0.39, 0.29) is 18.4 Å². The molecule has 1 aliphatic heterocycles. The van der Waals surface area contributed by atoms with Gasteiger partial charge < -0.3 is 14.7 Å². The van der Waals surface area contributed by atoms with Gasteiger partial charge in [0.25, 0.3) is 0 Å². The van der Waals surface area contributed by atoms with Gasteiger partial charge in [-0.3, -0.25) is 9.59 Å². The third kappa shape index (κ3) is 3.81. The molecule has 1 N–H and O–H groups in total. The summed E-state index contributed by atoms with van der Waals surface area (Å²) in [5.74, 6) is -0.788. The van der Waals surface area contributed by atoms with E-state index in [2.05, 4.69) is 0 Å². The molecular formula is C11H19NO4. The second kappa shape index (κ2) is 6.48. The molecule has 0 aromatic rings. The molecule has 0 saturated carbocycles. The first-order chi connectivity index (χ1) is 7.65. The van der Waals surface area contributed by atoms with Gasteiger partial charge in [0.15, 0.2) is 0 Å². The number of hydrogen-bond acceptors (Lipinski definition) is 3. The van der Waals surface area contributed by atoms with Crippen LogP contribution >= 0.6 is 0 Å². The molecular weight excluding hydrogens is 210 g/mol. The summed E-state index contributed by atoms with van der Waals surface area (Å²) in [6.45, 7) is 1.35. The number of carbonyl (C=O) groups is 2. The number of carbonyl (C=O) groups excluding carboxylic acids is 1. The van der Waals surface area contributed by atoms with Crippen molar-refractivity contribution >= 4 is 11.9 Å². The van der Waals surface area contributed by atoms with Crippen LogP contribution in [-0.4, -0.2) is 48.2 Å². The molecule has 92 valence electrons. The van der Waals surface area contributed by atoms with Crippen LogP contribution in [0.3, 0.4) is 0 Å². The molecule has 1 heterocycles. The van der Waals surface area contributed by atoms with Crippen LogP contribution in [-0.2, 0) is 14.3 Å². The standard InChI is InChI=1S/C11H19NO4/c1-16-8-9-4-3-7-12(9)10(13)5-2-6-11(14)15/h9H,2-8H2,1H3,(H,14,15). The molecule has 0 aromatic carbocycles. The van der Waals surface area contributed by atoms with Gasteiger partial charge in [0.1, 0.15) is 0 Å². The Balaban J connectivity index is 2.31. The fourth-order valence-electron chi connectivity index (χ4n) is 2.06. The zero-order valence-corrected chi connectivity index (χ0v) is 9.65. The quantitative estimate of drug-likeness (QED) is 0.734. The van der Waals surface area contributed by atoms with Crippen molar-refractivity contribution < 1.29 is 19.4 Å². The van der Waals surface area contributed by atoms with Gasteiger partial charge in [-0.25, -0.2) is 0 Å². The number of carboxylic acid groups (broad SMARTS) is 1. The first kappa shape index (κ1) is 13.0. The number of carboxylic acids is 1. The van der Waals surface area contributed by atoms with E-state index in [1.807, 2.05) is 4.90 Å². The lowest BCUT2D eigenvalue weighted by Gasteiger charge is -2.24. The largest absolute Gasteiger partial charge is 0.481 e. The van der Waals surface area contributed by atoms with Crippen LogP contribution in [0.1, 0.15) is 32.1 Å². The average molecular weight is 229 g/mol. The van der Waals surface area contributed by atoms with Crippen molar-refractivity contribution in [3.63, 3.8) is 0 Å². The van der Waals surface area contributed by atoms with Gasteiger partial charge in [0, 0.05) is 26.5 Å². The van der Waals surface area contributed by atoms with E-state index in [0.717, 1.165) is 19.4 Å². The average Bonchev–Trinajstić information content (AvgIpc) is 2.66. The molecule has 16 heavy (non-hydrogen) atoms. The summed E-state index contributed by atoms with van der Waals surface area (Å²) >= 11 is 0. The van der Waals surface area contributed by atoms with Gasteiger partial charge in [0.05, 0.1) is 12.6 Å². The normalized spacial score (nSPS) is 20.1. The van der Waals surface area contributed by atoms with Gasteiger partial charge in [-0.05, 0) is 19.3 Å². The lowest BCUT2D eigenvalue weighted by Crippen LogP contribution is -2.37. The van der Waals surface area contributed by atoms with Gasteiger partial charge in [-0.1, -0.05) is 0 Å². The topological polar surface area (TPSA) is 66.8 Å². The molecule has 0 aromatic heterocycles. The molecule has 1 rings (SSSR count). The number of nitrogens with zero attached hydrogens (tertiary/aromatic N) is 1. The Morgan fingerprint density at radius 2 is 2.19 bits per heavy atom. The van der Waals surface area contributed by atoms with Crippen LogP contribution in [0.5, 0.6) is 0 Å². The Hall–Kier alpha value is -1.10. The first-order valence-corrected chi connectivity index (χ1v) is 5.65. The SMILES string of the molecule is COCC1CCCN1C(=O)CCCC(=O)O. The molecule has 0 radical (unpaired) electrons. The summed E-state index contributed by atoms with van der Waals surface area (Å²) in [4.78, 5) is 23.9. The van der Waals surface area contributed by atoms with Crippen LogP contribution in [0, 0.1) is 0 Å². The van der Waals surface area contributed by atoms with Crippen LogP contribution in [0.15, 0.2) is 0 Å². The predicted octanol–water partition coefficient (Wildman–Crippen LogP) is 0.879. The summed E-state index contributed by atoms with van der Waals surface area (Å²) in [5.41, 5.74) is 0. The summed E-state index contributed by atoms with van der Waals surface area (Å²) in [6, 6.07) is 0.183. The number of hydrogen-bond donors (Lipinski definition) is 1. The lowest BCUT2D eigenvalue weighted by atomic mass is 10.2. The third-order valence-corrected chi connectivity index (χ3v) is 2.84. The zero-order valence-electron chi connectivity index (χ0n) is 9.65. The monoisotopic (exact) mass is 229 g/mol. The van der Waals surface area contributed by atoms with Crippen molar-refractivity contribution in [1.29, 1.82) is 0 Å². The molecule has 1 atom stereocenters. The van der Waals surface area contributed by atoms with Crippen LogP contribution in [0.2, 0.25) is 0 Å². The molecule has 0 bridgehead atoms. The minimum Gasteiger partial charge on any atom is -0.481 e. The maximum Gasteiger partial charge on any atom is 0.303 e. The molecule has 1 fully saturated rings. The summed E-state index contributed by atoms with van der Waals surface area (Å²) in [6.07, 6.45) is 2.81. The van der Waals surface area contributed by atoms with Gasteiger partial charge >= 0.3 is 5.97 Å². The predicted molar refractivity (Wildman–Crippen MR) is 58.1 cm³/mol. The molecule has 0 aliphatic carbocycles. The first-order valence-electron chi connectivity index (χ1n) is 5.65. The maximum absolute atomic E-state index is 11.8. The van der Waals surface area contributed by atoms with Crippen molar-refractivity contribution in [3.8, 4) is 0 Å². The van der Waals surface area contributed by atoms with Crippen molar-refractivity contribution in [2.24, 2.45) is 0 Å². The zero-order chi connectivity index (χ0) is 12.0. The minimum absolute atomic E-state index is 0.0563. The molecule has 1 saturated heterocycles. The van der Waals surface area contributed by atoms with Crippen molar-refractivity contribution in [3.05, 3.63) is 0 Å². The Bertz CT molecular complexity index is 254. The van der Waals surface area contributed by atoms with Crippen molar-refractivity contribution in [1.82, 2.24) is 4.90 Å². The van der Waals surface area contributed by atoms with Crippen LogP contribution in [0.4, 0.5) is 0 Å². The van der Waals surface area contributed by atoms with Crippen molar-refractivity contribution in [2.45, 2.75) is 38.1 Å². The van der Waals surface area contributed by atoms with Gasteiger partial charge in [0.2, 0.25) is 5.91 Å². The minimum atomic E-state index is -0.845. The number of aliphatic carboxylic acids is 1. The molecule has 5 nitrogen and oxygen atoms in total. The smallest absolute Gasteiger partial charge is 0.303 e. The molecule has 0 spiro atoms. The van der Waals surface area contributed by atoms with E-state index >= 15 is 0 Å². The van der Waals surface area contributed by atoms with Crippen LogP contribution < -0.4 is 0 Å². The highest BCUT2D eigenvalue weighted by molar-refractivity contribution is 5.77. The van der Waals surface area contributed by atoms with E-state index in [1.165, 1.54) is 0 Å². The van der Waals surface area contributed by atoms with Crippen molar-refractivity contribution in [2.75, 3.05) is 20.3 Å². The fourth-order valence-corrected chi connectivity index (χ4v) is 2.06. The molecule has 1 amide bonds. The fraction of sp³-hybridized carbons (Fsp3) is 0.818. The Morgan fingerprint density at radius 3 is 2.81 bits per heavy atom. The van der Waals surface area contributed by atoms with E-state index in [1.54, 1.807) is 7.11 Å². The van der Waals surface area contributed by atoms with Gasteiger partial charge in [-0.15, -0.1) is 0 Å². The number of ether oxygens (including phenoxy) is 1. The number of methoxy groups -OCH3 is 1. The van der Waals surface area contributed by atoms with E-state index in [4.69, 9.17) is 9.84 Å². The highest BCUT2D eigenvalue weighted by atomic mass is 16.5. The second-order valence-electron chi connectivity index (χ2n) is 4.09. The Kier molecular flexibility index (Phi) is 5.25. The number of rotatable bonds is 6. The molecule has 5 heteroatoms. The van der Waals surface area contributed by atoms with Gasteiger partial charge in [-0.2, -0.15) is 0 Å². The highest BCUT2D eigenvalue weighted by Crippen LogP contribution is 2.19. The van der Waals surface area contributed by atoms with E-state index in [0.29, 0.717) is 19.4 Å². The second-order valence-corrected chi connectivity index (χ2v) is 4.09. The Labute approximate surface area is 95.4 Å². The van der Waals surface area contributed by atoms with Crippen LogP contribution in [0.25, 0.3) is 0 Å². The Morgan fingerprint density at radius 1 is 1.44 bits per heavy atom. The molecule has 1 aliphatic rings. The number of amides is 1. The number of likely N-dealkylation sites (tertiary alicyclic amines) is 1. The summed E-state index contributed by atoms with van der Waals surface area (Å²) in [5, 5.41) is 8.48. The van der Waals surface area contributed by atoms with E-state index < -0.39 is 5.97 Å². The maximum atomic E-state index is 11.8. The summed E-state index contributed by atoms with van der Waals surface area (Å²) in [7, 11) is 1.63. The third-order valence-electron chi connectivity index (χ3n) is 2.84.